The molecule has 0 spiro atoms. The number of amides is 1. The Labute approximate surface area is 171 Å². The van der Waals surface area contributed by atoms with Crippen LogP contribution in [0.5, 0.6) is 0 Å². The van der Waals surface area contributed by atoms with Crippen molar-refractivity contribution in [3.05, 3.63) is 45.7 Å². The second kappa shape index (κ2) is 7.66. The molecule has 0 saturated carbocycles. The van der Waals surface area contributed by atoms with Crippen LogP contribution < -0.4 is 10.9 Å². The first kappa shape index (κ1) is 19.7. The SMILES string of the molecule is CSCC(=O)Nc1ccc2n(c1=O)CC1CC2CN(S(=O)(=O)c2cccs2)C1. The molecule has 2 aromatic heterocycles. The molecule has 1 N–H and O–H groups in total. The molecule has 2 aromatic rings. The number of anilines is 1. The van der Waals surface area contributed by atoms with E-state index in [9.17, 15) is 18.0 Å². The van der Waals surface area contributed by atoms with Gasteiger partial charge in [0.15, 0.2) is 0 Å². The van der Waals surface area contributed by atoms with E-state index in [2.05, 4.69) is 5.32 Å². The quantitative estimate of drug-likeness (QED) is 0.770. The third-order valence-corrected chi connectivity index (χ3v) is 8.97. The topological polar surface area (TPSA) is 88.5 Å². The lowest BCUT2D eigenvalue weighted by molar-refractivity contribution is -0.113. The molecule has 0 radical (unpaired) electrons. The van der Waals surface area contributed by atoms with Gasteiger partial charge in [-0.1, -0.05) is 6.07 Å². The highest BCUT2D eigenvalue weighted by molar-refractivity contribution is 7.99. The Morgan fingerprint density at radius 3 is 2.82 bits per heavy atom. The van der Waals surface area contributed by atoms with Gasteiger partial charge < -0.3 is 9.88 Å². The zero-order valence-electron chi connectivity index (χ0n) is 15.3. The average Bonchev–Trinajstić information content (AvgIpc) is 3.20. The van der Waals surface area contributed by atoms with E-state index in [0.717, 1.165) is 12.1 Å². The van der Waals surface area contributed by atoms with Crippen molar-refractivity contribution in [1.82, 2.24) is 8.87 Å². The molecule has 0 aliphatic carbocycles. The van der Waals surface area contributed by atoms with E-state index < -0.39 is 10.0 Å². The second-order valence-corrected chi connectivity index (χ2v) is 11.1. The number of hydrogen-bond acceptors (Lipinski definition) is 6. The number of thioether (sulfide) groups is 1. The number of pyridine rings is 1. The van der Waals surface area contributed by atoms with Crippen LogP contribution >= 0.6 is 23.1 Å². The van der Waals surface area contributed by atoms with Crippen molar-refractivity contribution in [2.45, 2.75) is 23.1 Å². The number of fused-ring (bicyclic) bond motifs is 4. The summed E-state index contributed by atoms with van der Waals surface area (Å²) in [5.41, 5.74) is 0.914. The minimum Gasteiger partial charge on any atom is -0.321 e. The molecule has 1 amide bonds. The highest BCUT2D eigenvalue weighted by Crippen LogP contribution is 2.38. The number of nitrogens with one attached hydrogen (secondary N) is 1. The summed E-state index contributed by atoms with van der Waals surface area (Å²) in [6, 6.07) is 6.86. The maximum Gasteiger partial charge on any atom is 0.274 e. The molecule has 2 unspecified atom stereocenters. The first-order valence-corrected chi connectivity index (χ1v) is 12.7. The summed E-state index contributed by atoms with van der Waals surface area (Å²) in [5, 5.41) is 4.44. The molecule has 2 bridgehead atoms. The van der Waals surface area contributed by atoms with E-state index >= 15 is 0 Å². The highest BCUT2D eigenvalue weighted by atomic mass is 32.2. The second-order valence-electron chi connectivity index (χ2n) is 7.12. The van der Waals surface area contributed by atoms with Gasteiger partial charge in [-0.2, -0.15) is 16.1 Å². The van der Waals surface area contributed by atoms with Crippen molar-refractivity contribution >= 4 is 44.7 Å². The van der Waals surface area contributed by atoms with E-state index in [-0.39, 0.29) is 29.0 Å². The van der Waals surface area contributed by atoms with Gasteiger partial charge in [0, 0.05) is 31.2 Å². The summed E-state index contributed by atoms with van der Waals surface area (Å²) in [4.78, 5) is 24.7. The molecule has 7 nitrogen and oxygen atoms in total. The summed E-state index contributed by atoms with van der Waals surface area (Å²) in [5.74, 6) is 0.151. The fraction of sp³-hybridized carbons (Fsp3) is 0.444. The van der Waals surface area contributed by atoms with Crippen molar-refractivity contribution in [3.63, 3.8) is 0 Å². The normalized spacial score (nSPS) is 21.9. The van der Waals surface area contributed by atoms with Crippen molar-refractivity contribution in [1.29, 1.82) is 0 Å². The molecule has 150 valence electrons. The zero-order valence-corrected chi connectivity index (χ0v) is 17.8. The zero-order chi connectivity index (χ0) is 19.9. The lowest BCUT2D eigenvalue weighted by Gasteiger charge is -2.42. The molecule has 28 heavy (non-hydrogen) atoms. The Balaban J connectivity index is 1.62. The summed E-state index contributed by atoms with van der Waals surface area (Å²) in [7, 11) is -3.50. The van der Waals surface area contributed by atoms with Crippen LogP contribution in [-0.2, 0) is 21.4 Å². The van der Waals surface area contributed by atoms with Gasteiger partial charge in [0.05, 0.1) is 5.75 Å². The number of piperidine rings is 1. The number of aromatic nitrogens is 1. The van der Waals surface area contributed by atoms with Crippen LogP contribution in [0.25, 0.3) is 0 Å². The summed E-state index contributed by atoms with van der Waals surface area (Å²) < 4.78 is 29.5. The first-order chi connectivity index (χ1) is 13.4. The van der Waals surface area contributed by atoms with Gasteiger partial charge in [-0.3, -0.25) is 9.59 Å². The minimum atomic E-state index is -3.50. The Morgan fingerprint density at radius 2 is 2.11 bits per heavy atom. The number of carbonyl (C=O) groups is 1. The molecule has 1 fully saturated rings. The summed E-state index contributed by atoms with van der Waals surface area (Å²) >= 11 is 2.62. The van der Waals surface area contributed by atoms with Gasteiger partial charge >= 0.3 is 0 Å². The fourth-order valence-corrected chi connectivity index (χ4v) is 7.09. The summed E-state index contributed by atoms with van der Waals surface area (Å²) in [6.07, 6.45) is 2.70. The largest absolute Gasteiger partial charge is 0.321 e. The Kier molecular flexibility index (Phi) is 5.38. The molecule has 2 aliphatic heterocycles. The maximum absolute atomic E-state index is 12.9. The van der Waals surface area contributed by atoms with E-state index in [1.807, 2.05) is 12.3 Å². The van der Waals surface area contributed by atoms with Crippen LogP contribution in [0.4, 0.5) is 5.69 Å². The van der Waals surface area contributed by atoms with Crippen LogP contribution in [0.2, 0.25) is 0 Å². The lowest BCUT2D eigenvalue weighted by atomic mass is 9.84. The molecule has 2 atom stereocenters. The number of rotatable bonds is 5. The third kappa shape index (κ3) is 3.54. The van der Waals surface area contributed by atoms with Crippen LogP contribution in [0.3, 0.4) is 0 Å². The van der Waals surface area contributed by atoms with Crippen molar-refractivity contribution in [3.8, 4) is 0 Å². The minimum absolute atomic E-state index is 0.0223. The monoisotopic (exact) mass is 439 g/mol. The van der Waals surface area contributed by atoms with E-state index in [4.69, 9.17) is 0 Å². The standard InChI is InChI=1S/C18H21N3O4S3/c1-26-11-16(22)19-14-4-5-15-13-7-12(9-21(15)18(14)23)8-20(10-13)28(24,25)17-3-2-6-27-17/h2-6,12-13H,7-11H2,1H3,(H,19,22). The van der Waals surface area contributed by atoms with Gasteiger partial charge in [-0.25, -0.2) is 8.42 Å². The van der Waals surface area contributed by atoms with Crippen molar-refractivity contribution in [2.24, 2.45) is 5.92 Å². The van der Waals surface area contributed by atoms with Gasteiger partial charge in [0.1, 0.15) is 9.90 Å². The smallest absolute Gasteiger partial charge is 0.274 e. The van der Waals surface area contributed by atoms with Gasteiger partial charge in [-0.05, 0) is 42.2 Å². The van der Waals surface area contributed by atoms with E-state index in [0.29, 0.717) is 29.6 Å². The number of nitrogens with zero attached hydrogens (tertiary/aromatic N) is 2. The third-order valence-electron chi connectivity index (χ3n) is 5.21. The predicted octanol–water partition coefficient (Wildman–Crippen LogP) is 2.02. The van der Waals surface area contributed by atoms with E-state index in [1.165, 1.54) is 23.1 Å². The van der Waals surface area contributed by atoms with Gasteiger partial charge in [0.25, 0.3) is 15.6 Å². The van der Waals surface area contributed by atoms with E-state index in [1.54, 1.807) is 32.5 Å². The first-order valence-electron chi connectivity index (χ1n) is 8.96. The van der Waals surface area contributed by atoms with Crippen LogP contribution in [0.1, 0.15) is 18.0 Å². The number of carbonyl (C=O) groups excluding carboxylic acids is 1. The van der Waals surface area contributed by atoms with Gasteiger partial charge in [0.2, 0.25) is 5.91 Å². The number of thiophene rings is 1. The Bertz CT molecular complexity index is 1050. The maximum atomic E-state index is 12.9. The highest BCUT2D eigenvalue weighted by Gasteiger charge is 2.40. The van der Waals surface area contributed by atoms with Crippen molar-refractivity contribution in [2.75, 3.05) is 30.4 Å². The average molecular weight is 440 g/mol. The van der Waals surface area contributed by atoms with Gasteiger partial charge in [-0.15, -0.1) is 11.3 Å². The Morgan fingerprint density at radius 1 is 1.29 bits per heavy atom. The predicted molar refractivity (Wildman–Crippen MR) is 112 cm³/mol. The van der Waals surface area contributed by atoms with Crippen LogP contribution in [-0.4, -0.2) is 48.3 Å². The molecule has 0 aromatic carbocycles. The number of hydrogen-bond donors (Lipinski definition) is 1. The van der Waals surface area contributed by atoms with Crippen LogP contribution in [0, 0.1) is 5.92 Å². The van der Waals surface area contributed by atoms with Crippen LogP contribution in [0.15, 0.2) is 38.6 Å². The molecule has 4 heterocycles. The molecular formula is C18H21N3O4S3. The molecule has 4 rings (SSSR count). The lowest BCUT2D eigenvalue weighted by Crippen LogP contribution is -2.49. The Hall–Kier alpha value is -1.62. The fourth-order valence-electron chi connectivity index (χ4n) is 4.05. The molecular weight excluding hydrogens is 418 g/mol. The number of sulfonamides is 1. The van der Waals surface area contributed by atoms with Crippen molar-refractivity contribution < 1.29 is 13.2 Å². The summed E-state index contributed by atoms with van der Waals surface area (Å²) in [6.45, 7) is 1.24. The molecule has 1 saturated heterocycles. The molecule has 10 heteroatoms. The molecule has 2 aliphatic rings.